The van der Waals surface area contributed by atoms with Crippen LogP contribution in [0.2, 0.25) is 0 Å². The minimum atomic E-state index is -0.289. The Balaban J connectivity index is 2.05. The second-order valence-corrected chi connectivity index (χ2v) is 5.40. The number of Topliss-reactive ketones (excluding diaryl/α,β-unsaturated/α-hetero) is 1. The predicted octanol–water partition coefficient (Wildman–Crippen LogP) is 4.12. The van der Waals surface area contributed by atoms with Gasteiger partial charge >= 0.3 is 0 Å². The Morgan fingerprint density at radius 1 is 1.25 bits per heavy atom. The molecule has 0 aliphatic rings. The molecule has 0 aliphatic heterocycles. The molecule has 2 rings (SSSR count). The number of benzene rings is 2. The van der Waals surface area contributed by atoms with Crippen LogP contribution in [0.3, 0.4) is 0 Å². The van der Waals surface area contributed by atoms with E-state index < -0.39 is 0 Å². The first kappa shape index (κ1) is 14.6. The molecule has 4 heteroatoms. The van der Waals surface area contributed by atoms with Gasteiger partial charge in [-0.1, -0.05) is 6.07 Å². The zero-order chi connectivity index (χ0) is 14.5. The van der Waals surface area contributed by atoms with Crippen molar-refractivity contribution in [3.05, 3.63) is 59.4 Å². The van der Waals surface area contributed by atoms with Gasteiger partial charge in [0.25, 0.3) is 0 Å². The van der Waals surface area contributed by atoms with Gasteiger partial charge in [0.15, 0.2) is 5.78 Å². The van der Waals surface area contributed by atoms with E-state index in [1.54, 1.807) is 31.4 Å². The number of hydrogen-bond acceptors (Lipinski definition) is 3. The molecule has 0 bridgehead atoms. The molecule has 0 unspecified atom stereocenters. The third-order valence-corrected chi connectivity index (χ3v) is 3.89. The second kappa shape index (κ2) is 6.57. The van der Waals surface area contributed by atoms with Crippen molar-refractivity contribution in [2.24, 2.45) is 0 Å². The Kier molecular flexibility index (Phi) is 4.79. The van der Waals surface area contributed by atoms with Gasteiger partial charge in [-0.3, -0.25) is 4.79 Å². The lowest BCUT2D eigenvalue weighted by Gasteiger charge is -2.07. The minimum absolute atomic E-state index is 0.0272. The van der Waals surface area contributed by atoms with E-state index in [0.717, 1.165) is 16.2 Å². The number of methoxy groups -OCH3 is 1. The molecule has 0 heterocycles. The van der Waals surface area contributed by atoms with Crippen LogP contribution in [0.1, 0.15) is 15.9 Å². The second-order valence-electron chi connectivity index (χ2n) is 4.35. The van der Waals surface area contributed by atoms with Crippen LogP contribution in [0.15, 0.2) is 47.4 Å². The number of ketones is 1. The fourth-order valence-corrected chi connectivity index (χ4v) is 2.68. The SMILES string of the molecule is COc1ccc(C(=O)CSc2cccc(F)c2)c(C)c1. The number of halogens is 1. The van der Waals surface area contributed by atoms with Crippen LogP contribution in [0.4, 0.5) is 4.39 Å². The molecule has 0 N–H and O–H groups in total. The Bertz CT molecular complexity index is 626. The molecule has 0 fully saturated rings. The summed E-state index contributed by atoms with van der Waals surface area (Å²) in [4.78, 5) is 12.9. The maximum atomic E-state index is 13.0. The van der Waals surface area contributed by atoms with E-state index in [9.17, 15) is 9.18 Å². The van der Waals surface area contributed by atoms with E-state index in [2.05, 4.69) is 0 Å². The summed E-state index contributed by atoms with van der Waals surface area (Å²) in [6, 6.07) is 11.6. The number of hydrogen-bond donors (Lipinski definition) is 0. The molecular formula is C16H15FO2S. The van der Waals surface area contributed by atoms with Gasteiger partial charge in [0.05, 0.1) is 12.9 Å². The first-order chi connectivity index (χ1) is 9.60. The molecule has 104 valence electrons. The van der Waals surface area contributed by atoms with Crippen LogP contribution in [0, 0.1) is 12.7 Å². The molecule has 2 nitrogen and oxygen atoms in total. The monoisotopic (exact) mass is 290 g/mol. The number of thioether (sulfide) groups is 1. The van der Waals surface area contributed by atoms with Crippen molar-refractivity contribution < 1.29 is 13.9 Å². The first-order valence-electron chi connectivity index (χ1n) is 6.16. The summed E-state index contributed by atoms with van der Waals surface area (Å²) >= 11 is 1.34. The van der Waals surface area contributed by atoms with Gasteiger partial charge in [-0.05, 0) is 48.9 Å². The highest BCUT2D eigenvalue weighted by Gasteiger charge is 2.10. The van der Waals surface area contributed by atoms with Crippen LogP contribution >= 0.6 is 11.8 Å². The van der Waals surface area contributed by atoms with Gasteiger partial charge in [0, 0.05) is 10.5 Å². The number of carbonyl (C=O) groups is 1. The fraction of sp³-hybridized carbons (Fsp3) is 0.188. The van der Waals surface area contributed by atoms with E-state index in [1.807, 2.05) is 13.0 Å². The van der Waals surface area contributed by atoms with Gasteiger partial charge in [0.1, 0.15) is 11.6 Å². The maximum Gasteiger partial charge on any atom is 0.173 e. The van der Waals surface area contributed by atoms with Crippen LogP contribution in [0.25, 0.3) is 0 Å². The Hall–Kier alpha value is -1.81. The summed E-state index contributed by atoms with van der Waals surface area (Å²) in [6.07, 6.45) is 0. The highest BCUT2D eigenvalue weighted by molar-refractivity contribution is 8.00. The average molecular weight is 290 g/mol. The molecule has 0 spiro atoms. The largest absolute Gasteiger partial charge is 0.497 e. The summed E-state index contributed by atoms with van der Waals surface area (Å²) in [5.74, 6) is 0.760. The van der Waals surface area contributed by atoms with Crippen molar-refractivity contribution in [2.75, 3.05) is 12.9 Å². The Morgan fingerprint density at radius 3 is 2.70 bits per heavy atom. The number of aryl methyl sites for hydroxylation is 1. The molecule has 0 aromatic heterocycles. The van der Waals surface area contributed by atoms with Crippen molar-refractivity contribution >= 4 is 17.5 Å². The lowest BCUT2D eigenvalue weighted by Crippen LogP contribution is -2.05. The Morgan fingerprint density at radius 2 is 2.05 bits per heavy atom. The van der Waals surface area contributed by atoms with Crippen LogP contribution < -0.4 is 4.74 Å². The smallest absolute Gasteiger partial charge is 0.173 e. The van der Waals surface area contributed by atoms with E-state index >= 15 is 0 Å². The molecule has 0 saturated heterocycles. The molecule has 0 aliphatic carbocycles. The zero-order valence-corrected chi connectivity index (χ0v) is 12.2. The lowest BCUT2D eigenvalue weighted by molar-refractivity contribution is 0.102. The third-order valence-electron chi connectivity index (χ3n) is 2.90. The van der Waals surface area contributed by atoms with Crippen molar-refractivity contribution in [1.82, 2.24) is 0 Å². The normalized spacial score (nSPS) is 10.3. The van der Waals surface area contributed by atoms with Crippen molar-refractivity contribution in [1.29, 1.82) is 0 Å². The first-order valence-corrected chi connectivity index (χ1v) is 7.15. The zero-order valence-electron chi connectivity index (χ0n) is 11.4. The van der Waals surface area contributed by atoms with Gasteiger partial charge in [-0.15, -0.1) is 11.8 Å². The molecule has 0 amide bonds. The van der Waals surface area contributed by atoms with Crippen molar-refractivity contribution in [3.63, 3.8) is 0 Å². The summed E-state index contributed by atoms with van der Waals surface area (Å²) in [6.45, 7) is 1.88. The lowest BCUT2D eigenvalue weighted by atomic mass is 10.1. The molecule has 2 aromatic rings. The summed E-state index contributed by atoms with van der Waals surface area (Å²) in [5.41, 5.74) is 1.56. The van der Waals surface area contributed by atoms with E-state index in [1.165, 1.54) is 23.9 Å². The quantitative estimate of drug-likeness (QED) is 0.612. The van der Waals surface area contributed by atoms with E-state index in [-0.39, 0.29) is 17.4 Å². The fourth-order valence-electron chi connectivity index (χ4n) is 1.86. The van der Waals surface area contributed by atoms with Gasteiger partial charge < -0.3 is 4.74 Å². The molecule has 0 radical (unpaired) electrons. The third kappa shape index (κ3) is 3.61. The summed E-state index contributed by atoms with van der Waals surface area (Å²) in [5, 5.41) is 0. The summed E-state index contributed by atoms with van der Waals surface area (Å²) < 4.78 is 18.2. The molecule has 0 saturated carbocycles. The van der Waals surface area contributed by atoms with Gasteiger partial charge in [-0.25, -0.2) is 4.39 Å². The molecule has 2 aromatic carbocycles. The van der Waals surface area contributed by atoms with Crippen molar-refractivity contribution in [2.45, 2.75) is 11.8 Å². The van der Waals surface area contributed by atoms with Gasteiger partial charge in [-0.2, -0.15) is 0 Å². The number of rotatable bonds is 5. The standard InChI is InChI=1S/C16H15FO2S/c1-11-8-13(19-2)6-7-15(11)16(18)10-20-14-5-3-4-12(17)9-14/h3-9H,10H2,1-2H3. The van der Waals surface area contributed by atoms with E-state index in [4.69, 9.17) is 4.74 Å². The highest BCUT2D eigenvalue weighted by Crippen LogP contribution is 2.22. The number of ether oxygens (including phenoxy) is 1. The van der Waals surface area contributed by atoms with Gasteiger partial charge in [0.2, 0.25) is 0 Å². The van der Waals surface area contributed by atoms with Crippen LogP contribution in [-0.2, 0) is 0 Å². The highest BCUT2D eigenvalue weighted by atomic mass is 32.2. The molecule has 20 heavy (non-hydrogen) atoms. The van der Waals surface area contributed by atoms with Crippen LogP contribution in [-0.4, -0.2) is 18.6 Å². The number of carbonyl (C=O) groups excluding carboxylic acids is 1. The van der Waals surface area contributed by atoms with E-state index in [0.29, 0.717) is 5.56 Å². The topological polar surface area (TPSA) is 26.3 Å². The molecular weight excluding hydrogens is 275 g/mol. The molecule has 0 atom stereocenters. The Labute approximate surface area is 122 Å². The average Bonchev–Trinajstić information content (AvgIpc) is 2.44. The maximum absolute atomic E-state index is 13.0. The summed E-state index contributed by atoms with van der Waals surface area (Å²) in [7, 11) is 1.59. The minimum Gasteiger partial charge on any atom is -0.497 e. The van der Waals surface area contributed by atoms with Crippen LogP contribution in [0.5, 0.6) is 5.75 Å². The predicted molar refractivity (Wildman–Crippen MR) is 79.2 cm³/mol. The van der Waals surface area contributed by atoms with Crippen molar-refractivity contribution in [3.8, 4) is 5.75 Å².